The molecule has 0 spiro atoms. The number of carbonyl (C=O) groups is 1. The number of hydrogen-bond donors (Lipinski definition) is 1. The molecule has 3 rings (SSSR count). The first kappa shape index (κ1) is 13.4. The Balaban J connectivity index is 1.89. The van der Waals surface area contributed by atoms with E-state index in [0.29, 0.717) is 16.3 Å². The van der Waals surface area contributed by atoms with E-state index in [2.05, 4.69) is 15.3 Å². The lowest BCUT2D eigenvalue weighted by atomic mass is 10.3. The smallest absolute Gasteiger partial charge is 0.309 e. The first-order chi connectivity index (χ1) is 10.0. The summed E-state index contributed by atoms with van der Waals surface area (Å²) in [7, 11) is 0. The van der Waals surface area contributed by atoms with E-state index >= 15 is 0 Å². The van der Waals surface area contributed by atoms with Crippen molar-refractivity contribution in [2.24, 2.45) is 0 Å². The van der Waals surface area contributed by atoms with Crippen LogP contribution in [0.25, 0.3) is 4.96 Å². The van der Waals surface area contributed by atoms with Gasteiger partial charge < -0.3 is 5.11 Å². The fraction of sp³-hybridized carbons (Fsp3) is 0.250. The number of rotatable bonds is 4. The van der Waals surface area contributed by atoms with Crippen LogP contribution < -0.4 is 5.56 Å². The quantitative estimate of drug-likeness (QED) is 0.745. The molecule has 0 atom stereocenters. The molecular weight excluding hydrogens is 294 g/mol. The molecule has 0 amide bonds. The predicted octanol–water partition coefficient (Wildman–Crippen LogP) is 0.331. The molecule has 0 unspecified atom stereocenters. The predicted molar refractivity (Wildman–Crippen MR) is 74.5 cm³/mol. The van der Waals surface area contributed by atoms with Crippen LogP contribution in [0.3, 0.4) is 0 Å². The van der Waals surface area contributed by atoms with Crippen LogP contribution in [0.2, 0.25) is 0 Å². The fourth-order valence-corrected chi connectivity index (χ4v) is 2.89. The number of carboxylic acids is 1. The Hall–Kier alpha value is -2.55. The van der Waals surface area contributed by atoms with Gasteiger partial charge in [0.05, 0.1) is 24.4 Å². The van der Waals surface area contributed by atoms with E-state index < -0.39 is 5.97 Å². The van der Waals surface area contributed by atoms with E-state index in [1.165, 1.54) is 28.3 Å². The van der Waals surface area contributed by atoms with Crippen molar-refractivity contribution in [1.82, 2.24) is 24.4 Å². The van der Waals surface area contributed by atoms with Gasteiger partial charge in [0.15, 0.2) is 4.96 Å². The lowest BCUT2D eigenvalue weighted by Gasteiger charge is -2.01. The number of aromatic nitrogens is 5. The second-order valence-electron chi connectivity index (χ2n) is 4.56. The molecule has 0 fully saturated rings. The van der Waals surface area contributed by atoms with Crippen molar-refractivity contribution in [1.29, 1.82) is 0 Å². The van der Waals surface area contributed by atoms with Crippen LogP contribution in [0.15, 0.2) is 22.4 Å². The van der Waals surface area contributed by atoms with Gasteiger partial charge in [0.1, 0.15) is 0 Å². The maximum absolute atomic E-state index is 12.0. The molecule has 1 N–H and O–H groups in total. The Kier molecular flexibility index (Phi) is 3.26. The summed E-state index contributed by atoms with van der Waals surface area (Å²) in [5.74, 6) is -0.964. The second-order valence-corrected chi connectivity index (χ2v) is 5.40. The first-order valence-electron chi connectivity index (χ1n) is 6.10. The van der Waals surface area contributed by atoms with Crippen molar-refractivity contribution in [2.45, 2.75) is 19.9 Å². The van der Waals surface area contributed by atoms with Crippen LogP contribution in [0.1, 0.15) is 17.1 Å². The van der Waals surface area contributed by atoms with Crippen molar-refractivity contribution >= 4 is 22.3 Å². The molecule has 21 heavy (non-hydrogen) atoms. The summed E-state index contributed by atoms with van der Waals surface area (Å²) < 4.78 is 3.02. The van der Waals surface area contributed by atoms with Crippen molar-refractivity contribution in [2.75, 3.05) is 0 Å². The molecule has 0 aliphatic rings. The molecule has 108 valence electrons. The Morgan fingerprint density at radius 1 is 1.43 bits per heavy atom. The highest BCUT2D eigenvalue weighted by molar-refractivity contribution is 7.15. The van der Waals surface area contributed by atoms with Crippen molar-refractivity contribution in [3.05, 3.63) is 45.1 Å². The third-order valence-electron chi connectivity index (χ3n) is 2.87. The normalized spacial score (nSPS) is 11.1. The molecule has 8 nitrogen and oxygen atoms in total. The maximum atomic E-state index is 12.0. The Bertz CT molecular complexity index is 879. The summed E-state index contributed by atoms with van der Waals surface area (Å²) in [6.07, 6.45) is 1.36. The lowest BCUT2D eigenvalue weighted by Crippen LogP contribution is -2.16. The summed E-state index contributed by atoms with van der Waals surface area (Å²) in [6, 6.07) is 1.45. The van der Waals surface area contributed by atoms with Gasteiger partial charge in [-0.2, -0.15) is 0 Å². The van der Waals surface area contributed by atoms with E-state index in [-0.39, 0.29) is 18.5 Å². The van der Waals surface area contributed by atoms with E-state index in [4.69, 9.17) is 5.11 Å². The van der Waals surface area contributed by atoms with Gasteiger partial charge in [-0.1, -0.05) is 5.21 Å². The Morgan fingerprint density at radius 2 is 2.24 bits per heavy atom. The van der Waals surface area contributed by atoms with Crippen LogP contribution >= 0.6 is 11.3 Å². The summed E-state index contributed by atoms with van der Waals surface area (Å²) in [4.78, 5) is 27.7. The Labute approximate surface area is 122 Å². The molecule has 9 heteroatoms. The number of hydrogen-bond acceptors (Lipinski definition) is 6. The fourth-order valence-electron chi connectivity index (χ4n) is 2.00. The third kappa shape index (κ3) is 2.68. The van der Waals surface area contributed by atoms with Crippen LogP contribution in [0, 0.1) is 6.92 Å². The van der Waals surface area contributed by atoms with Crippen LogP contribution in [-0.4, -0.2) is 35.5 Å². The minimum atomic E-state index is -0.964. The zero-order valence-corrected chi connectivity index (χ0v) is 11.9. The largest absolute Gasteiger partial charge is 0.481 e. The molecule has 3 aromatic rings. The standard InChI is InChI=1S/C12H11N5O3S/c1-7-6-21-12-13-8(2-10(18)17(7)12)4-16-5-9(14-15-16)3-11(19)20/h2,5-6H,3-4H2,1H3,(H,19,20). The third-order valence-corrected chi connectivity index (χ3v) is 3.81. The highest BCUT2D eigenvalue weighted by Crippen LogP contribution is 2.11. The minimum Gasteiger partial charge on any atom is -0.481 e. The number of aliphatic carboxylic acids is 1. The van der Waals surface area contributed by atoms with Gasteiger partial charge in [-0.05, 0) is 6.92 Å². The lowest BCUT2D eigenvalue weighted by molar-refractivity contribution is -0.136. The highest BCUT2D eigenvalue weighted by atomic mass is 32.1. The number of nitrogens with zero attached hydrogens (tertiary/aromatic N) is 5. The zero-order chi connectivity index (χ0) is 15.0. The molecule has 3 aromatic heterocycles. The number of aryl methyl sites for hydroxylation is 1. The van der Waals surface area contributed by atoms with Gasteiger partial charge in [-0.3, -0.25) is 14.0 Å². The summed E-state index contributed by atoms with van der Waals surface area (Å²) in [5, 5.41) is 18.2. The molecule has 0 aliphatic heterocycles. The Morgan fingerprint density at radius 3 is 3.00 bits per heavy atom. The average molecular weight is 305 g/mol. The van der Waals surface area contributed by atoms with Gasteiger partial charge in [-0.15, -0.1) is 16.4 Å². The van der Waals surface area contributed by atoms with Crippen molar-refractivity contribution < 1.29 is 9.90 Å². The minimum absolute atomic E-state index is 0.139. The molecule has 0 saturated heterocycles. The van der Waals surface area contributed by atoms with Crippen LogP contribution in [-0.2, 0) is 17.8 Å². The van der Waals surface area contributed by atoms with E-state index in [1.807, 2.05) is 12.3 Å². The topological polar surface area (TPSA) is 102 Å². The molecular formula is C12H11N5O3S. The van der Waals surface area contributed by atoms with Crippen molar-refractivity contribution in [3.8, 4) is 0 Å². The van der Waals surface area contributed by atoms with Gasteiger partial charge in [0.2, 0.25) is 0 Å². The molecule has 0 radical (unpaired) electrons. The van der Waals surface area contributed by atoms with E-state index in [9.17, 15) is 9.59 Å². The summed E-state index contributed by atoms with van der Waals surface area (Å²) in [6.45, 7) is 2.12. The molecule has 0 saturated carbocycles. The number of fused-ring (bicyclic) bond motifs is 1. The SMILES string of the molecule is Cc1csc2nc(Cn3cc(CC(=O)O)nn3)cc(=O)n12. The molecule has 0 aliphatic carbocycles. The van der Waals surface area contributed by atoms with Gasteiger partial charge >= 0.3 is 5.97 Å². The number of carboxylic acid groups (broad SMARTS) is 1. The molecule has 0 bridgehead atoms. The zero-order valence-electron chi connectivity index (χ0n) is 11.1. The van der Waals surface area contributed by atoms with Crippen LogP contribution in [0.4, 0.5) is 0 Å². The number of thiazole rings is 1. The van der Waals surface area contributed by atoms with E-state index in [0.717, 1.165) is 5.69 Å². The van der Waals surface area contributed by atoms with Gasteiger partial charge in [0.25, 0.3) is 5.56 Å². The van der Waals surface area contributed by atoms with Crippen molar-refractivity contribution in [3.63, 3.8) is 0 Å². The van der Waals surface area contributed by atoms with Crippen LogP contribution in [0.5, 0.6) is 0 Å². The maximum Gasteiger partial charge on any atom is 0.309 e. The summed E-state index contributed by atoms with van der Waals surface area (Å²) in [5.41, 5.74) is 1.64. The van der Waals surface area contributed by atoms with Gasteiger partial charge in [-0.25, -0.2) is 9.67 Å². The molecule has 0 aromatic carbocycles. The summed E-state index contributed by atoms with van der Waals surface area (Å²) >= 11 is 1.40. The second kappa shape index (κ2) is 5.09. The monoisotopic (exact) mass is 305 g/mol. The average Bonchev–Trinajstić information content (AvgIpc) is 2.96. The molecule has 3 heterocycles. The van der Waals surface area contributed by atoms with E-state index in [1.54, 1.807) is 4.40 Å². The highest BCUT2D eigenvalue weighted by Gasteiger charge is 2.09. The first-order valence-corrected chi connectivity index (χ1v) is 6.98. The van der Waals surface area contributed by atoms with Gasteiger partial charge in [0, 0.05) is 23.3 Å².